The summed E-state index contributed by atoms with van der Waals surface area (Å²) in [6, 6.07) is 0. The molecule has 18 nitrogen and oxygen atoms in total. The number of hydrogen-bond donors (Lipinski definition) is 0. The van der Waals surface area contributed by atoms with Crippen LogP contribution in [0, 0.1) is 90.2 Å². The summed E-state index contributed by atoms with van der Waals surface area (Å²) in [5, 5.41) is 0. The van der Waals surface area contributed by atoms with Crippen LogP contribution in [0.3, 0.4) is 0 Å². The normalized spacial score (nSPS) is 12.4. The van der Waals surface area contributed by atoms with Crippen LogP contribution in [-0.2, 0) is 86.3 Å². The summed E-state index contributed by atoms with van der Waals surface area (Å²) < 4.78 is 107. The third kappa shape index (κ3) is 73.5. The van der Waals surface area contributed by atoms with Crippen molar-refractivity contribution in [3.05, 3.63) is 0 Å². The third-order valence-corrected chi connectivity index (χ3v) is 18.1. The molecule has 1 unspecified atom stereocenters. The lowest BCUT2D eigenvalue weighted by Crippen LogP contribution is -2.30. The highest BCUT2D eigenvalue weighted by atomic mass is 19.4. The molecule has 0 aliphatic carbocycles. The van der Waals surface area contributed by atoms with Crippen molar-refractivity contribution in [1.29, 1.82) is 0 Å². The molecule has 0 N–H and O–H groups in total. The Morgan fingerprint density at radius 1 is 0.207 bits per heavy atom. The molecule has 121 heavy (non-hydrogen) atoms. The number of Topliss-reactive ketones (excluding diaryl/α,β-unsaturated/α-hetero) is 18. The summed E-state index contributed by atoms with van der Waals surface area (Å²) in [7, 11) is 0. The minimum absolute atomic E-state index is 0.0289. The maximum Gasteiger partial charge on any atom is 0.450 e. The molecule has 27 heteroatoms. The van der Waals surface area contributed by atoms with Crippen LogP contribution < -0.4 is 0 Å². The SMILES string of the molecule is CC(C)(C)C(=O)CC(=O)C(F)(F)F.CC(C)(C)C(=O)CC(=O)C(F)(F)F.CC(C)C(=O)CC(=O)C(C)(C)C.CC(C)C(=O)CC(=O)C(C)(C)C.CC(C)CC(=O)CC(=O)C(C)(C)C.CC(C)CC(=O)CC(=O)C(C)(C)C.CCC(CC(F)(F)F)C(=O)CC(=O)C(C)(C)C.CCC(CC)C(=O)CC(=O)C(C)(C)C.CCC(CC)C(=O)CC(=O)C(C)(C)C. The van der Waals surface area contributed by atoms with Gasteiger partial charge in [-0.1, -0.05) is 277 Å². The zero-order chi connectivity index (χ0) is 99.5. The fraction of sp³-hybridized carbons (Fsp3) is 0.809. The van der Waals surface area contributed by atoms with Gasteiger partial charge in [-0.2, -0.15) is 39.5 Å². The van der Waals surface area contributed by atoms with Gasteiger partial charge in [0.15, 0.2) is 0 Å². The molecule has 0 aliphatic heterocycles. The molecule has 0 amide bonds. The molecule has 0 fully saturated rings. The van der Waals surface area contributed by atoms with Gasteiger partial charge in [0.25, 0.3) is 0 Å². The average Bonchev–Trinajstić information content (AvgIpc) is 0.876. The average molecular weight is 1750 g/mol. The van der Waals surface area contributed by atoms with E-state index in [1.807, 2.05) is 208 Å². The van der Waals surface area contributed by atoms with Crippen molar-refractivity contribution in [3.63, 3.8) is 0 Å². The van der Waals surface area contributed by atoms with E-state index in [9.17, 15) is 126 Å². The second-order valence-electron chi connectivity index (χ2n) is 41.4. The first-order chi connectivity index (χ1) is 53.2. The highest BCUT2D eigenvalue weighted by Crippen LogP contribution is 2.31. The highest BCUT2D eigenvalue weighted by Gasteiger charge is 2.43. The minimum atomic E-state index is -4.90. The molecule has 0 aromatic carbocycles. The van der Waals surface area contributed by atoms with Crippen LogP contribution in [0.5, 0.6) is 0 Å². The van der Waals surface area contributed by atoms with E-state index in [4.69, 9.17) is 0 Å². The number of ketones is 18. The van der Waals surface area contributed by atoms with Gasteiger partial charge in [0, 0.05) is 91.2 Å². The molecule has 0 aliphatic rings. The van der Waals surface area contributed by atoms with Gasteiger partial charge in [0.05, 0.1) is 64.2 Å². The van der Waals surface area contributed by atoms with Crippen LogP contribution >= 0.6 is 0 Å². The number of alkyl halides is 9. The first-order valence-electron chi connectivity index (χ1n) is 41.9. The Morgan fingerprint density at radius 3 is 0.488 bits per heavy atom. The maximum atomic E-state index is 12.2. The van der Waals surface area contributed by atoms with Crippen LogP contribution in [0.4, 0.5) is 39.5 Å². The zero-order valence-corrected chi connectivity index (χ0v) is 81.8. The van der Waals surface area contributed by atoms with Crippen LogP contribution in [0.25, 0.3) is 0 Å². The Labute approximate surface area is 721 Å². The van der Waals surface area contributed by atoms with E-state index in [0.29, 0.717) is 24.7 Å². The smallest absolute Gasteiger partial charge is 0.299 e. The maximum absolute atomic E-state index is 12.2. The van der Waals surface area contributed by atoms with Crippen molar-refractivity contribution in [2.24, 2.45) is 90.2 Å². The van der Waals surface area contributed by atoms with Crippen molar-refractivity contribution in [3.8, 4) is 0 Å². The lowest BCUT2D eigenvalue weighted by molar-refractivity contribution is -0.172. The molecule has 0 bridgehead atoms. The summed E-state index contributed by atoms with van der Waals surface area (Å²) >= 11 is 0. The van der Waals surface area contributed by atoms with Gasteiger partial charge in [-0.15, -0.1) is 0 Å². The summed E-state index contributed by atoms with van der Waals surface area (Å²) in [5.74, 6) is -5.95. The van der Waals surface area contributed by atoms with Crippen LogP contribution in [0.2, 0.25) is 0 Å². The Morgan fingerprint density at radius 2 is 0.355 bits per heavy atom. The molecular formula is C94H161F9O18. The summed E-state index contributed by atoms with van der Waals surface area (Å²) in [6.45, 7) is 71.7. The molecule has 0 heterocycles. The van der Waals surface area contributed by atoms with Crippen molar-refractivity contribution >= 4 is 104 Å². The lowest BCUT2D eigenvalue weighted by atomic mass is 9.84. The second kappa shape index (κ2) is 57.9. The third-order valence-electron chi connectivity index (χ3n) is 18.1. The van der Waals surface area contributed by atoms with Gasteiger partial charge in [-0.25, -0.2) is 0 Å². The van der Waals surface area contributed by atoms with Gasteiger partial charge in [-0.3, -0.25) is 86.3 Å². The van der Waals surface area contributed by atoms with Gasteiger partial charge in [0.2, 0.25) is 11.6 Å². The number of carbonyl (C=O) groups excluding carboxylic acids is 18. The Bertz CT molecular complexity index is 3070. The molecule has 0 spiro atoms. The summed E-state index contributed by atoms with van der Waals surface area (Å²) in [4.78, 5) is 203. The van der Waals surface area contributed by atoms with E-state index in [1.165, 1.54) is 48.5 Å². The van der Waals surface area contributed by atoms with Crippen molar-refractivity contribution in [2.45, 2.75) is 405 Å². The van der Waals surface area contributed by atoms with E-state index in [0.717, 1.165) is 25.7 Å². The largest absolute Gasteiger partial charge is 0.450 e. The molecule has 1 atom stereocenters. The molecule has 0 aromatic rings. The van der Waals surface area contributed by atoms with Crippen molar-refractivity contribution < 1.29 is 126 Å². The van der Waals surface area contributed by atoms with Crippen molar-refractivity contribution in [1.82, 2.24) is 0 Å². The molecule has 0 radical (unpaired) electrons. The topological polar surface area (TPSA) is 307 Å². The van der Waals surface area contributed by atoms with Crippen molar-refractivity contribution in [2.75, 3.05) is 0 Å². The number of hydrogen-bond acceptors (Lipinski definition) is 18. The Hall–Kier alpha value is -6.57. The minimum Gasteiger partial charge on any atom is -0.299 e. The second-order valence-corrected chi connectivity index (χ2v) is 41.4. The summed E-state index contributed by atoms with van der Waals surface area (Å²) in [6.07, 6.45) is -12.8. The van der Waals surface area contributed by atoms with Gasteiger partial charge in [-0.05, 0) is 43.9 Å². The Balaban J connectivity index is -0.000000167. The van der Waals surface area contributed by atoms with Gasteiger partial charge < -0.3 is 0 Å². The fourth-order valence-corrected chi connectivity index (χ4v) is 8.18. The molecule has 0 saturated carbocycles. The van der Waals surface area contributed by atoms with E-state index in [1.54, 1.807) is 20.8 Å². The van der Waals surface area contributed by atoms with Crippen LogP contribution in [0.15, 0.2) is 0 Å². The fourth-order valence-electron chi connectivity index (χ4n) is 8.18. The number of rotatable bonds is 33. The van der Waals surface area contributed by atoms with Gasteiger partial charge >= 0.3 is 18.5 Å². The zero-order valence-electron chi connectivity index (χ0n) is 81.8. The standard InChI is InChI=1S/C12H19F3O2.2C12H22O2.2C11H20O2.2C10H18O2.2C8H11F3O2/c1-5-8(7-12(13,14)15)9(16)6-10(17)11(2,3)4;2*1-6-9(7-2)10(13)8-11(14)12(3,4)5;2*1-8(2)6-9(12)7-10(13)11(3,4)5;2*1-7(2)8(11)6-9(12)10(3,4)5;2*1-7(2,3)5(12)4-6(13)8(9,10)11/h8H,5-7H2,1-4H3;2*9H,6-8H2,1-5H3;2*8H,6-7H2,1-5H3;2*7H,6H2,1-5H3;2*4H2,1-3H3. The monoisotopic (exact) mass is 1750 g/mol. The van der Waals surface area contributed by atoms with Crippen LogP contribution in [-0.4, -0.2) is 123 Å². The number of halogens is 9. The molecule has 708 valence electrons. The molecule has 0 aromatic heterocycles. The first kappa shape index (κ1) is 132. The molecule has 0 saturated heterocycles. The number of carbonyl (C=O) groups is 18. The van der Waals surface area contributed by atoms with Crippen LogP contribution in [0.1, 0.15) is 386 Å². The highest BCUT2D eigenvalue weighted by molar-refractivity contribution is 6.07. The predicted octanol–water partition coefficient (Wildman–Crippen LogP) is 23.4. The van der Waals surface area contributed by atoms with E-state index in [-0.39, 0.29) is 176 Å². The van der Waals surface area contributed by atoms with E-state index >= 15 is 0 Å². The predicted molar refractivity (Wildman–Crippen MR) is 460 cm³/mol. The van der Waals surface area contributed by atoms with E-state index in [2.05, 4.69) is 0 Å². The summed E-state index contributed by atoms with van der Waals surface area (Å²) in [5.41, 5.74) is -4.80. The lowest BCUT2D eigenvalue weighted by Gasteiger charge is -2.19. The Kier molecular flexibility index (Phi) is 63.3. The first-order valence-corrected chi connectivity index (χ1v) is 41.9. The van der Waals surface area contributed by atoms with Gasteiger partial charge in [0.1, 0.15) is 92.5 Å². The molecule has 0 rings (SSSR count). The quantitative estimate of drug-likeness (QED) is 0.0435. The molecular weight excluding hydrogens is 1590 g/mol. The van der Waals surface area contributed by atoms with E-state index < -0.39 is 95.3 Å².